The lowest BCUT2D eigenvalue weighted by atomic mass is 10.00. The van der Waals surface area contributed by atoms with Crippen molar-refractivity contribution in [1.29, 1.82) is 0 Å². The molecule has 0 atom stereocenters. The summed E-state index contributed by atoms with van der Waals surface area (Å²) in [4.78, 5) is 34.6. The summed E-state index contributed by atoms with van der Waals surface area (Å²) in [7, 11) is 0. The molecule has 5 rings (SSSR count). The Labute approximate surface area is 195 Å². The molecule has 33 heavy (non-hydrogen) atoms. The number of aromatic nitrogens is 4. The number of aromatic amines is 1. The molecule has 3 aromatic rings. The number of hydrogen-bond acceptors (Lipinski definition) is 7. The summed E-state index contributed by atoms with van der Waals surface area (Å²) in [5.74, 6) is 0.732. The first kappa shape index (κ1) is 21.6. The fourth-order valence-electron chi connectivity index (χ4n) is 4.52. The van der Waals surface area contributed by atoms with Gasteiger partial charge in [-0.2, -0.15) is 5.10 Å². The smallest absolute Gasteiger partial charge is 0.266 e. The molecule has 0 radical (unpaired) electrons. The van der Waals surface area contributed by atoms with E-state index < -0.39 is 5.54 Å². The standard InChI is InChI=1S/C24H27N5O3S/c1-24(2,29-15-25-14-26-29)21(30)13-22-27-23(31)20(33-22)12-16-7-8-19-18(11-16)28(9-10-32-19)17-5-3-4-6-17/h7-8,11-15,17H,3-6,9-10H2,1-2H3,(H,27,31)/b20-12-,22-13+. The van der Waals surface area contributed by atoms with Gasteiger partial charge in [0, 0.05) is 12.1 Å². The Kier molecular flexibility index (Phi) is 5.65. The van der Waals surface area contributed by atoms with Crippen LogP contribution >= 0.6 is 11.3 Å². The molecule has 1 aliphatic heterocycles. The summed E-state index contributed by atoms with van der Waals surface area (Å²) in [5.41, 5.74) is 0.935. The number of H-pyrrole nitrogens is 1. The quantitative estimate of drug-likeness (QED) is 0.618. The number of nitrogens with zero attached hydrogens (tertiary/aromatic N) is 4. The summed E-state index contributed by atoms with van der Waals surface area (Å²) in [5, 5.41) is 4.07. The molecular formula is C24H27N5O3S. The van der Waals surface area contributed by atoms with Crippen LogP contribution in [0.2, 0.25) is 0 Å². The second-order valence-electron chi connectivity index (χ2n) is 9.04. The van der Waals surface area contributed by atoms with Crippen molar-refractivity contribution in [2.45, 2.75) is 51.1 Å². The Balaban J connectivity index is 1.46. The van der Waals surface area contributed by atoms with Gasteiger partial charge in [-0.1, -0.05) is 18.9 Å². The van der Waals surface area contributed by atoms with Crippen molar-refractivity contribution in [3.63, 3.8) is 0 Å². The van der Waals surface area contributed by atoms with Gasteiger partial charge in [0.15, 0.2) is 5.78 Å². The molecule has 0 spiro atoms. The minimum absolute atomic E-state index is 0.171. The zero-order valence-corrected chi connectivity index (χ0v) is 19.6. The molecule has 172 valence electrons. The zero-order valence-electron chi connectivity index (χ0n) is 18.8. The molecule has 1 fully saturated rings. The van der Waals surface area contributed by atoms with E-state index in [0.29, 0.717) is 21.8 Å². The third kappa shape index (κ3) is 4.25. The lowest BCUT2D eigenvalue weighted by molar-refractivity contribution is -0.120. The molecule has 1 aliphatic carbocycles. The largest absolute Gasteiger partial charge is 0.490 e. The van der Waals surface area contributed by atoms with Crippen molar-refractivity contribution in [3.05, 3.63) is 56.0 Å². The van der Waals surface area contributed by atoms with Crippen molar-refractivity contribution >= 4 is 35.0 Å². The topological polar surface area (TPSA) is 93.1 Å². The van der Waals surface area contributed by atoms with Gasteiger partial charge in [0.1, 0.15) is 30.5 Å². The van der Waals surface area contributed by atoms with E-state index in [0.717, 1.165) is 23.5 Å². The molecule has 0 amide bonds. The average molecular weight is 466 g/mol. The summed E-state index contributed by atoms with van der Waals surface area (Å²) in [6, 6.07) is 6.63. The molecule has 0 bridgehead atoms. The molecule has 9 heteroatoms. The van der Waals surface area contributed by atoms with E-state index in [1.807, 2.05) is 18.2 Å². The number of Topliss-reactive ketones (excluding diaryl/α,β-unsaturated/α-hetero) is 1. The molecule has 3 heterocycles. The third-order valence-corrected chi connectivity index (χ3v) is 7.45. The lowest BCUT2D eigenvalue weighted by Crippen LogP contribution is -2.39. The molecule has 8 nitrogen and oxygen atoms in total. The molecule has 2 aliphatic rings. The summed E-state index contributed by atoms with van der Waals surface area (Å²) < 4.78 is 8.45. The number of hydrogen-bond donors (Lipinski definition) is 1. The van der Waals surface area contributed by atoms with Gasteiger partial charge in [-0.05, 0) is 50.5 Å². The summed E-state index contributed by atoms with van der Waals surface area (Å²) in [6.07, 6.45) is 11.2. The van der Waals surface area contributed by atoms with E-state index in [2.05, 4.69) is 26.0 Å². The van der Waals surface area contributed by atoms with Crippen molar-refractivity contribution in [2.24, 2.45) is 0 Å². The third-order valence-electron chi connectivity index (χ3n) is 6.48. The number of ketones is 1. The predicted octanol–water partition coefficient (Wildman–Crippen LogP) is 1.78. The SMILES string of the molecule is CC(C)(C(=O)/C=c1\[nH]c(=O)/c(=C/c2ccc3c(c2)N(C2CCCC2)CCO3)s1)n1cncn1. The van der Waals surface area contributed by atoms with Crippen LogP contribution in [-0.2, 0) is 10.3 Å². The van der Waals surface area contributed by atoms with E-state index in [1.54, 1.807) is 13.8 Å². The van der Waals surface area contributed by atoms with Gasteiger partial charge in [-0.3, -0.25) is 9.59 Å². The molecule has 1 N–H and O–H groups in total. The highest BCUT2D eigenvalue weighted by Gasteiger charge is 2.29. The van der Waals surface area contributed by atoms with E-state index in [4.69, 9.17) is 4.74 Å². The maximum atomic E-state index is 12.8. The highest BCUT2D eigenvalue weighted by molar-refractivity contribution is 7.07. The fraction of sp³-hybridized carbons (Fsp3) is 0.417. The van der Waals surface area contributed by atoms with Crippen LogP contribution < -0.4 is 24.4 Å². The van der Waals surface area contributed by atoms with Gasteiger partial charge >= 0.3 is 0 Å². The van der Waals surface area contributed by atoms with Crippen LogP contribution in [0.3, 0.4) is 0 Å². The van der Waals surface area contributed by atoms with Crippen molar-refractivity contribution in [3.8, 4) is 5.75 Å². The number of ether oxygens (including phenoxy) is 1. The number of carbonyl (C=O) groups is 1. The molecule has 0 saturated heterocycles. The first-order valence-corrected chi connectivity index (χ1v) is 12.1. The average Bonchev–Trinajstić information content (AvgIpc) is 3.57. The van der Waals surface area contributed by atoms with Crippen LogP contribution in [-0.4, -0.2) is 44.7 Å². The van der Waals surface area contributed by atoms with E-state index in [9.17, 15) is 9.59 Å². The molecular weight excluding hydrogens is 438 g/mol. The minimum Gasteiger partial charge on any atom is -0.490 e. The Bertz CT molecular complexity index is 1330. The summed E-state index contributed by atoms with van der Waals surface area (Å²) in [6.45, 7) is 5.13. The summed E-state index contributed by atoms with van der Waals surface area (Å²) >= 11 is 1.27. The van der Waals surface area contributed by atoms with Gasteiger partial charge in [0.05, 0.1) is 21.4 Å². The van der Waals surface area contributed by atoms with Gasteiger partial charge in [-0.25, -0.2) is 9.67 Å². The fourth-order valence-corrected chi connectivity index (χ4v) is 5.41. The monoisotopic (exact) mass is 465 g/mol. The number of benzene rings is 1. The number of thiazole rings is 1. The van der Waals surface area contributed by atoms with Gasteiger partial charge in [0.25, 0.3) is 5.56 Å². The minimum atomic E-state index is -0.899. The van der Waals surface area contributed by atoms with E-state index in [1.165, 1.54) is 60.4 Å². The number of anilines is 1. The first-order chi connectivity index (χ1) is 15.9. The van der Waals surface area contributed by atoms with Crippen molar-refractivity contribution in [1.82, 2.24) is 19.7 Å². The van der Waals surface area contributed by atoms with E-state index in [-0.39, 0.29) is 11.3 Å². The van der Waals surface area contributed by atoms with Crippen molar-refractivity contribution < 1.29 is 9.53 Å². The highest BCUT2D eigenvalue weighted by Crippen LogP contribution is 2.37. The molecule has 1 saturated carbocycles. The van der Waals surface area contributed by atoms with Gasteiger partial charge in [0.2, 0.25) is 0 Å². The normalized spacial score (nSPS) is 17.9. The molecule has 0 unspecified atom stereocenters. The first-order valence-electron chi connectivity index (χ1n) is 11.3. The second kappa shape index (κ2) is 8.62. The van der Waals surface area contributed by atoms with E-state index >= 15 is 0 Å². The Morgan fingerprint density at radius 1 is 1.30 bits per heavy atom. The van der Waals surface area contributed by atoms with Crippen LogP contribution in [0.4, 0.5) is 5.69 Å². The maximum absolute atomic E-state index is 12.8. The Hall–Kier alpha value is -3.20. The molecule has 2 aromatic heterocycles. The van der Waals surface area contributed by atoms with Crippen LogP contribution in [0.25, 0.3) is 12.2 Å². The zero-order chi connectivity index (χ0) is 23.0. The predicted molar refractivity (Wildman–Crippen MR) is 128 cm³/mol. The van der Waals surface area contributed by atoms with Crippen LogP contribution in [0.1, 0.15) is 45.1 Å². The number of nitrogens with one attached hydrogen (secondary N) is 1. The molecule has 1 aromatic carbocycles. The van der Waals surface area contributed by atoms with Gasteiger partial charge < -0.3 is 14.6 Å². The number of fused-ring (bicyclic) bond motifs is 1. The van der Waals surface area contributed by atoms with Crippen LogP contribution in [0, 0.1) is 0 Å². The highest BCUT2D eigenvalue weighted by atomic mass is 32.1. The van der Waals surface area contributed by atoms with Gasteiger partial charge in [-0.15, -0.1) is 11.3 Å². The van der Waals surface area contributed by atoms with Crippen LogP contribution in [0.15, 0.2) is 35.6 Å². The Morgan fingerprint density at radius 3 is 2.88 bits per heavy atom. The van der Waals surface area contributed by atoms with Crippen LogP contribution in [0.5, 0.6) is 5.75 Å². The number of carbonyl (C=O) groups excluding carboxylic acids is 1. The second-order valence-corrected chi connectivity index (χ2v) is 10.1. The Morgan fingerprint density at radius 2 is 2.12 bits per heavy atom. The number of rotatable bonds is 5. The maximum Gasteiger partial charge on any atom is 0.266 e. The van der Waals surface area contributed by atoms with Crippen molar-refractivity contribution in [2.75, 3.05) is 18.1 Å². The lowest BCUT2D eigenvalue weighted by Gasteiger charge is -2.36.